The number of carbonyl (C=O) groups is 3. The lowest BCUT2D eigenvalue weighted by atomic mass is 9.83. The molecule has 0 spiro atoms. The van der Waals surface area contributed by atoms with Crippen LogP contribution in [0.2, 0.25) is 0 Å². The molecule has 0 unspecified atom stereocenters. The van der Waals surface area contributed by atoms with Crippen LogP contribution in [0.1, 0.15) is 49.1 Å². The topological polar surface area (TPSA) is 63.2 Å². The maximum atomic E-state index is 13.0. The average molecular weight is 387 g/mol. The lowest BCUT2D eigenvalue weighted by molar-refractivity contribution is 0.0978. The third-order valence-corrected chi connectivity index (χ3v) is 5.48. The van der Waals surface area contributed by atoms with Crippen LogP contribution in [0.3, 0.4) is 0 Å². The van der Waals surface area contributed by atoms with Gasteiger partial charge in [-0.05, 0) is 30.0 Å². The fraction of sp³-hybridized carbons (Fsp3) is 0.0870. The van der Waals surface area contributed by atoms with E-state index >= 15 is 0 Å². The molecular weight excluding hydrogens is 370 g/mol. The Balaban J connectivity index is 1.71. The van der Waals surface area contributed by atoms with E-state index in [-0.39, 0.29) is 23.0 Å². The molecule has 0 saturated carbocycles. The molecule has 0 radical (unpaired) electrons. The molecule has 1 N–H and O–H groups in total. The predicted octanol–water partition coefficient (Wildman–Crippen LogP) is 4.83. The van der Waals surface area contributed by atoms with Gasteiger partial charge < -0.3 is 5.32 Å². The Labute approximate surface area is 167 Å². The van der Waals surface area contributed by atoms with Gasteiger partial charge in [-0.15, -0.1) is 11.8 Å². The van der Waals surface area contributed by atoms with E-state index in [4.69, 9.17) is 0 Å². The SMILES string of the molecule is CCSc1cccc(C(=O)Nc2cccc3c2C(=O)c2ccccc2C3=O)c1. The molecule has 28 heavy (non-hydrogen) atoms. The fourth-order valence-electron chi connectivity index (χ4n) is 3.34. The van der Waals surface area contributed by atoms with Crippen molar-refractivity contribution >= 4 is 34.9 Å². The number of rotatable bonds is 4. The molecule has 5 heteroatoms. The first-order valence-electron chi connectivity index (χ1n) is 8.96. The van der Waals surface area contributed by atoms with Crippen molar-refractivity contribution in [3.63, 3.8) is 0 Å². The molecule has 0 heterocycles. The van der Waals surface area contributed by atoms with Crippen molar-refractivity contribution < 1.29 is 14.4 Å². The first-order valence-corrected chi connectivity index (χ1v) is 9.94. The van der Waals surface area contributed by atoms with E-state index in [0.717, 1.165) is 10.6 Å². The highest BCUT2D eigenvalue weighted by atomic mass is 32.2. The number of anilines is 1. The van der Waals surface area contributed by atoms with Crippen molar-refractivity contribution in [1.29, 1.82) is 0 Å². The highest BCUT2D eigenvalue weighted by molar-refractivity contribution is 7.99. The van der Waals surface area contributed by atoms with Gasteiger partial charge in [0.1, 0.15) is 0 Å². The van der Waals surface area contributed by atoms with Gasteiger partial charge in [-0.1, -0.05) is 49.4 Å². The minimum absolute atomic E-state index is 0.206. The summed E-state index contributed by atoms with van der Waals surface area (Å²) in [5.74, 6) is 0.137. The quantitative estimate of drug-likeness (QED) is 0.510. The maximum absolute atomic E-state index is 13.0. The van der Waals surface area contributed by atoms with Gasteiger partial charge in [0, 0.05) is 27.1 Å². The van der Waals surface area contributed by atoms with E-state index in [0.29, 0.717) is 27.9 Å². The minimum atomic E-state index is -0.314. The first kappa shape index (κ1) is 18.2. The summed E-state index contributed by atoms with van der Waals surface area (Å²) in [6.07, 6.45) is 0. The molecule has 1 aliphatic carbocycles. The summed E-state index contributed by atoms with van der Waals surface area (Å²) in [5.41, 5.74) is 2.18. The number of hydrogen-bond donors (Lipinski definition) is 1. The number of carbonyl (C=O) groups excluding carboxylic acids is 3. The Morgan fingerprint density at radius 3 is 2.29 bits per heavy atom. The van der Waals surface area contributed by atoms with Crippen LogP contribution in [-0.4, -0.2) is 23.2 Å². The first-order chi connectivity index (χ1) is 13.6. The molecule has 4 nitrogen and oxygen atoms in total. The molecule has 0 aromatic heterocycles. The van der Waals surface area contributed by atoms with Crippen molar-refractivity contribution in [2.45, 2.75) is 11.8 Å². The molecule has 0 aliphatic heterocycles. The second kappa shape index (κ2) is 7.44. The van der Waals surface area contributed by atoms with Gasteiger partial charge >= 0.3 is 0 Å². The standard InChI is InChI=1S/C23H17NO3S/c1-2-28-15-8-5-7-14(13-15)23(27)24-19-12-6-11-18-20(19)22(26)17-10-4-3-9-16(17)21(18)25/h3-13H,2H2,1H3,(H,24,27). The summed E-state index contributed by atoms with van der Waals surface area (Å²) in [5, 5.41) is 2.82. The summed E-state index contributed by atoms with van der Waals surface area (Å²) in [6.45, 7) is 2.05. The molecule has 4 rings (SSSR count). The van der Waals surface area contributed by atoms with Gasteiger partial charge in [-0.2, -0.15) is 0 Å². The predicted molar refractivity (Wildman–Crippen MR) is 111 cm³/mol. The van der Waals surface area contributed by atoms with Crippen molar-refractivity contribution in [1.82, 2.24) is 0 Å². The van der Waals surface area contributed by atoms with Crippen LogP contribution in [0, 0.1) is 0 Å². The zero-order valence-electron chi connectivity index (χ0n) is 15.2. The second-order valence-corrected chi connectivity index (χ2v) is 7.68. The van der Waals surface area contributed by atoms with Crippen molar-refractivity contribution in [3.8, 4) is 0 Å². The lowest BCUT2D eigenvalue weighted by Crippen LogP contribution is -2.23. The number of thioether (sulfide) groups is 1. The van der Waals surface area contributed by atoms with Crippen molar-refractivity contribution in [2.75, 3.05) is 11.1 Å². The third kappa shape index (κ3) is 3.14. The van der Waals surface area contributed by atoms with Crippen LogP contribution in [0.4, 0.5) is 5.69 Å². The van der Waals surface area contributed by atoms with Crippen LogP contribution in [-0.2, 0) is 0 Å². The molecule has 3 aromatic carbocycles. The largest absolute Gasteiger partial charge is 0.321 e. The van der Waals surface area contributed by atoms with Crippen molar-refractivity contribution in [2.24, 2.45) is 0 Å². The van der Waals surface area contributed by atoms with Gasteiger partial charge in [-0.3, -0.25) is 14.4 Å². The van der Waals surface area contributed by atoms with E-state index in [9.17, 15) is 14.4 Å². The smallest absolute Gasteiger partial charge is 0.255 e. The number of fused-ring (bicyclic) bond motifs is 2. The molecular formula is C23H17NO3S. The van der Waals surface area contributed by atoms with Crippen LogP contribution >= 0.6 is 11.8 Å². The van der Waals surface area contributed by atoms with Crippen LogP contribution in [0.15, 0.2) is 71.6 Å². The van der Waals surface area contributed by atoms with Crippen LogP contribution in [0.25, 0.3) is 0 Å². The highest BCUT2D eigenvalue weighted by Gasteiger charge is 2.31. The molecule has 0 bridgehead atoms. The average Bonchev–Trinajstić information content (AvgIpc) is 2.72. The van der Waals surface area contributed by atoms with Crippen LogP contribution < -0.4 is 5.32 Å². The fourth-order valence-corrected chi connectivity index (χ4v) is 4.06. The summed E-state index contributed by atoms with van der Waals surface area (Å²) >= 11 is 1.65. The monoisotopic (exact) mass is 387 g/mol. The normalized spacial score (nSPS) is 12.3. The maximum Gasteiger partial charge on any atom is 0.255 e. The van der Waals surface area contributed by atoms with Gasteiger partial charge in [0.2, 0.25) is 0 Å². The molecule has 3 aromatic rings. The van der Waals surface area contributed by atoms with Gasteiger partial charge in [-0.25, -0.2) is 0 Å². The molecule has 0 saturated heterocycles. The van der Waals surface area contributed by atoms with Gasteiger partial charge in [0.05, 0.1) is 11.3 Å². The number of amides is 1. The summed E-state index contributed by atoms with van der Waals surface area (Å²) < 4.78 is 0. The minimum Gasteiger partial charge on any atom is -0.321 e. The second-order valence-electron chi connectivity index (χ2n) is 6.35. The zero-order chi connectivity index (χ0) is 19.7. The number of hydrogen-bond acceptors (Lipinski definition) is 4. The Bertz CT molecular complexity index is 1120. The van der Waals surface area contributed by atoms with E-state index in [1.54, 1.807) is 60.3 Å². The lowest BCUT2D eigenvalue weighted by Gasteiger charge is -2.20. The molecule has 1 amide bonds. The van der Waals surface area contributed by atoms with E-state index < -0.39 is 0 Å². The van der Waals surface area contributed by atoms with Crippen LogP contribution in [0.5, 0.6) is 0 Å². The number of ketones is 2. The number of benzene rings is 3. The Morgan fingerprint density at radius 2 is 1.54 bits per heavy atom. The number of nitrogens with one attached hydrogen (secondary N) is 1. The Hall–Kier alpha value is -3.18. The van der Waals surface area contributed by atoms with E-state index in [2.05, 4.69) is 5.32 Å². The third-order valence-electron chi connectivity index (χ3n) is 4.61. The molecule has 138 valence electrons. The molecule has 0 atom stereocenters. The summed E-state index contributed by atoms with van der Waals surface area (Å²) in [6, 6.07) is 19.1. The zero-order valence-corrected chi connectivity index (χ0v) is 16.0. The van der Waals surface area contributed by atoms with Crippen molar-refractivity contribution in [3.05, 3.63) is 94.5 Å². The Morgan fingerprint density at radius 1 is 0.857 bits per heavy atom. The van der Waals surface area contributed by atoms with Gasteiger partial charge in [0.15, 0.2) is 11.6 Å². The summed E-state index contributed by atoms with van der Waals surface area (Å²) in [7, 11) is 0. The van der Waals surface area contributed by atoms with Gasteiger partial charge in [0.25, 0.3) is 5.91 Å². The molecule has 0 fully saturated rings. The highest BCUT2D eigenvalue weighted by Crippen LogP contribution is 2.32. The molecule has 1 aliphatic rings. The Kier molecular flexibility index (Phi) is 4.84. The van der Waals surface area contributed by atoms with E-state index in [1.807, 2.05) is 25.1 Å². The van der Waals surface area contributed by atoms with E-state index in [1.165, 1.54) is 0 Å². The summed E-state index contributed by atoms with van der Waals surface area (Å²) in [4.78, 5) is 39.6.